The Morgan fingerprint density at radius 3 is 2.49 bits per heavy atom. The lowest BCUT2D eigenvalue weighted by Crippen LogP contribution is -2.32. The van der Waals surface area contributed by atoms with E-state index in [-0.39, 0.29) is 24.2 Å². The predicted molar refractivity (Wildman–Crippen MR) is 119 cm³/mol. The van der Waals surface area contributed by atoms with Gasteiger partial charge < -0.3 is 15.0 Å². The lowest BCUT2D eigenvalue weighted by atomic mass is 9.99. The van der Waals surface area contributed by atoms with Crippen LogP contribution in [0, 0.1) is 11.3 Å². The molecule has 1 aliphatic rings. The van der Waals surface area contributed by atoms with E-state index in [1.807, 2.05) is 6.07 Å². The molecule has 1 heterocycles. The van der Waals surface area contributed by atoms with E-state index in [0.717, 1.165) is 25.0 Å². The maximum atomic E-state index is 13.8. The van der Waals surface area contributed by atoms with E-state index in [0.29, 0.717) is 24.7 Å². The summed E-state index contributed by atoms with van der Waals surface area (Å²) in [5.41, 5.74) is -1.33. The van der Waals surface area contributed by atoms with Crippen molar-refractivity contribution < 1.29 is 32.3 Å². The van der Waals surface area contributed by atoms with Gasteiger partial charge in [0, 0.05) is 18.7 Å². The highest BCUT2D eigenvalue weighted by Crippen LogP contribution is 2.34. The van der Waals surface area contributed by atoms with Crippen molar-refractivity contribution in [2.45, 2.75) is 38.4 Å². The molecule has 0 aliphatic carbocycles. The van der Waals surface area contributed by atoms with Crippen molar-refractivity contribution in [3.8, 4) is 6.07 Å². The SMILES string of the molecule is CCOC(=O)CC(NC(=O)c1ccc(C(=O)N2CCCC2)c(C(F)(F)F)c1)c1cccc(C#N)c1. The molecule has 7 nitrogen and oxygen atoms in total. The Balaban J connectivity index is 1.92. The van der Waals surface area contributed by atoms with Crippen LogP contribution in [0.4, 0.5) is 13.2 Å². The molecule has 1 saturated heterocycles. The molecule has 1 unspecified atom stereocenters. The highest BCUT2D eigenvalue weighted by atomic mass is 19.4. The second-order valence-corrected chi connectivity index (χ2v) is 8.03. The normalized spacial score (nSPS) is 14.2. The Morgan fingerprint density at radius 2 is 1.86 bits per heavy atom. The second kappa shape index (κ2) is 11.0. The summed E-state index contributed by atoms with van der Waals surface area (Å²) in [6.45, 7) is 2.50. The van der Waals surface area contributed by atoms with Crippen LogP contribution in [0.3, 0.4) is 0 Å². The Hall–Kier alpha value is -3.87. The first-order valence-electron chi connectivity index (χ1n) is 11.1. The number of benzene rings is 2. The van der Waals surface area contributed by atoms with Crippen molar-refractivity contribution in [1.82, 2.24) is 10.2 Å². The molecule has 0 spiro atoms. The van der Waals surface area contributed by atoms with Crippen LogP contribution in [0.2, 0.25) is 0 Å². The standard InChI is InChI=1S/C25H24F3N3O4/c1-2-35-22(32)14-21(17-7-5-6-16(12-17)15-29)30-23(33)18-8-9-19(20(13-18)25(26,27)28)24(34)31-10-3-4-11-31/h5-9,12-13,21H,2-4,10-11,14H2,1H3,(H,30,33). The molecule has 35 heavy (non-hydrogen) atoms. The topological polar surface area (TPSA) is 99.5 Å². The Bertz CT molecular complexity index is 1150. The third-order valence-electron chi connectivity index (χ3n) is 5.61. The third-order valence-corrected chi connectivity index (χ3v) is 5.61. The summed E-state index contributed by atoms with van der Waals surface area (Å²) in [7, 11) is 0. The van der Waals surface area contributed by atoms with Crippen molar-refractivity contribution in [1.29, 1.82) is 5.26 Å². The maximum absolute atomic E-state index is 13.8. The van der Waals surface area contributed by atoms with E-state index in [1.54, 1.807) is 25.1 Å². The predicted octanol–water partition coefficient (Wildman–Crippen LogP) is 4.24. The van der Waals surface area contributed by atoms with Crippen molar-refractivity contribution in [2.75, 3.05) is 19.7 Å². The smallest absolute Gasteiger partial charge is 0.417 e. The third kappa shape index (κ3) is 6.38. The summed E-state index contributed by atoms with van der Waals surface area (Å²) in [6, 6.07) is 9.99. The fourth-order valence-electron chi connectivity index (χ4n) is 3.90. The average Bonchev–Trinajstić information content (AvgIpc) is 3.37. The van der Waals surface area contributed by atoms with Crippen molar-refractivity contribution in [3.05, 3.63) is 70.3 Å². The maximum Gasteiger partial charge on any atom is 0.417 e. The molecular formula is C25H24F3N3O4. The van der Waals surface area contributed by atoms with E-state index in [4.69, 9.17) is 10.00 Å². The number of nitrogens with one attached hydrogen (secondary N) is 1. The van der Waals surface area contributed by atoms with Crippen LogP contribution in [0.25, 0.3) is 0 Å². The zero-order valence-electron chi connectivity index (χ0n) is 19.0. The first-order chi connectivity index (χ1) is 16.6. The zero-order chi connectivity index (χ0) is 25.6. The largest absolute Gasteiger partial charge is 0.466 e. The van der Waals surface area contributed by atoms with Crippen LogP contribution in [-0.2, 0) is 15.7 Å². The van der Waals surface area contributed by atoms with Gasteiger partial charge in [0.25, 0.3) is 11.8 Å². The molecule has 1 N–H and O–H groups in total. The number of hydrogen-bond donors (Lipinski definition) is 1. The van der Waals surface area contributed by atoms with E-state index in [9.17, 15) is 27.6 Å². The molecular weight excluding hydrogens is 463 g/mol. The Morgan fingerprint density at radius 1 is 1.14 bits per heavy atom. The molecule has 184 valence electrons. The summed E-state index contributed by atoms with van der Waals surface area (Å²) in [6.07, 6.45) is -3.69. The minimum atomic E-state index is -4.85. The van der Waals surface area contributed by atoms with Gasteiger partial charge >= 0.3 is 12.1 Å². The Kier molecular flexibility index (Phi) is 8.12. The van der Waals surface area contributed by atoms with E-state index < -0.39 is 41.1 Å². The number of carbonyl (C=O) groups excluding carboxylic acids is 3. The van der Waals surface area contributed by atoms with Crippen LogP contribution in [-0.4, -0.2) is 42.4 Å². The van der Waals surface area contributed by atoms with Crippen LogP contribution in [0.15, 0.2) is 42.5 Å². The summed E-state index contributed by atoms with van der Waals surface area (Å²) in [5.74, 6) is -2.22. The lowest BCUT2D eigenvalue weighted by molar-refractivity contribution is -0.143. The molecule has 2 amide bonds. The van der Waals surface area contributed by atoms with Crippen LogP contribution < -0.4 is 5.32 Å². The number of ether oxygens (including phenoxy) is 1. The van der Waals surface area contributed by atoms with Gasteiger partial charge in [-0.15, -0.1) is 0 Å². The van der Waals surface area contributed by atoms with Crippen LogP contribution >= 0.6 is 0 Å². The summed E-state index contributed by atoms with van der Waals surface area (Å²) in [5, 5.41) is 11.7. The van der Waals surface area contributed by atoms with Gasteiger partial charge in [0.15, 0.2) is 0 Å². The number of rotatable bonds is 7. The fourth-order valence-corrected chi connectivity index (χ4v) is 3.90. The fraction of sp³-hybridized carbons (Fsp3) is 0.360. The van der Waals surface area contributed by atoms with E-state index in [1.165, 1.54) is 11.0 Å². The first kappa shape index (κ1) is 25.7. The first-order valence-corrected chi connectivity index (χ1v) is 11.1. The number of halogens is 3. The molecule has 0 bridgehead atoms. The molecule has 1 fully saturated rings. The number of hydrogen-bond acceptors (Lipinski definition) is 5. The van der Waals surface area contributed by atoms with Gasteiger partial charge in [-0.1, -0.05) is 12.1 Å². The van der Waals surface area contributed by atoms with E-state index in [2.05, 4.69) is 5.32 Å². The zero-order valence-corrected chi connectivity index (χ0v) is 19.0. The van der Waals surface area contributed by atoms with Gasteiger partial charge in [0.1, 0.15) is 0 Å². The second-order valence-electron chi connectivity index (χ2n) is 8.03. The molecule has 0 saturated carbocycles. The number of alkyl halides is 3. The van der Waals surface area contributed by atoms with Gasteiger partial charge in [-0.2, -0.15) is 18.4 Å². The lowest BCUT2D eigenvalue weighted by Gasteiger charge is -2.21. The molecule has 10 heteroatoms. The van der Waals surface area contributed by atoms with Crippen molar-refractivity contribution in [2.24, 2.45) is 0 Å². The van der Waals surface area contributed by atoms with Gasteiger partial charge in [0.2, 0.25) is 0 Å². The Labute approximate surface area is 200 Å². The number of nitrogens with zero attached hydrogens (tertiary/aromatic N) is 2. The van der Waals surface area contributed by atoms with Crippen molar-refractivity contribution in [3.63, 3.8) is 0 Å². The molecule has 1 atom stereocenters. The quantitative estimate of drug-likeness (QED) is 0.589. The molecule has 0 radical (unpaired) electrons. The molecule has 0 aromatic heterocycles. The van der Waals surface area contributed by atoms with Gasteiger partial charge in [-0.25, -0.2) is 0 Å². The molecule has 2 aromatic carbocycles. The van der Waals surface area contributed by atoms with Gasteiger partial charge in [-0.3, -0.25) is 14.4 Å². The summed E-state index contributed by atoms with van der Waals surface area (Å²) in [4.78, 5) is 39.1. The molecule has 2 aromatic rings. The van der Waals surface area contributed by atoms with Crippen LogP contribution in [0.5, 0.6) is 0 Å². The number of esters is 1. The number of likely N-dealkylation sites (tertiary alicyclic amines) is 1. The monoisotopic (exact) mass is 487 g/mol. The highest BCUT2D eigenvalue weighted by Gasteiger charge is 2.37. The number of nitriles is 1. The van der Waals surface area contributed by atoms with Gasteiger partial charge in [0.05, 0.1) is 41.8 Å². The summed E-state index contributed by atoms with van der Waals surface area (Å²) >= 11 is 0. The summed E-state index contributed by atoms with van der Waals surface area (Å²) < 4.78 is 46.4. The average molecular weight is 487 g/mol. The van der Waals surface area contributed by atoms with Gasteiger partial charge in [-0.05, 0) is 55.7 Å². The van der Waals surface area contributed by atoms with E-state index >= 15 is 0 Å². The van der Waals surface area contributed by atoms with Crippen LogP contribution in [0.1, 0.15) is 69.6 Å². The molecule has 1 aliphatic heterocycles. The number of carbonyl (C=O) groups is 3. The van der Waals surface area contributed by atoms with Crippen molar-refractivity contribution >= 4 is 17.8 Å². The number of amides is 2. The minimum Gasteiger partial charge on any atom is -0.466 e. The molecule has 3 rings (SSSR count). The highest BCUT2D eigenvalue weighted by molar-refractivity contribution is 5.99. The minimum absolute atomic E-state index is 0.110.